The van der Waals surface area contributed by atoms with Crippen molar-refractivity contribution in [2.24, 2.45) is 5.41 Å². The first-order valence-electron chi connectivity index (χ1n) is 5.33. The van der Waals surface area contributed by atoms with E-state index in [1.165, 1.54) is 12.0 Å². The van der Waals surface area contributed by atoms with Crippen molar-refractivity contribution in [1.82, 2.24) is 5.06 Å². The Labute approximate surface area is 91.2 Å². The third kappa shape index (κ3) is 2.01. The van der Waals surface area contributed by atoms with Crippen molar-refractivity contribution in [3.8, 4) is 0 Å². The van der Waals surface area contributed by atoms with Crippen LogP contribution in [0.25, 0.3) is 0 Å². The maximum atomic E-state index is 11.0. The third-order valence-corrected chi connectivity index (χ3v) is 3.94. The molecule has 1 rings (SSSR count). The van der Waals surface area contributed by atoms with E-state index in [-0.39, 0.29) is 17.5 Å². The lowest BCUT2D eigenvalue weighted by Gasteiger charge is -2.53. The van der Waals surface area contributed by atoms with Gasteiger partial charge in [0.1, 0.15) is 6.10 Å². The van der Waals surface area contributed by atoms with Gasteiger partial charge in [0.05, 0.1) is 0 Å². The Kier molecular flexibility index (Phi) is 3.12. The van der Waals surface area contributed by atoms with Crippen LogP contribution in [-0.4, -0.2) is 34.4 Å². The van der Waals surface area contributed by atoms with E-state index < -0.39 is 5.54 Å². The van der Waals surface area contributed by atoms with Gasteiger partial charge >= 0.3 is 5.97 Å². The molecule has 0 bridgehead atoms. The number of piperidine rings is 1. The number of rotatable bonds is 1. The summed E-state index contributed by atoms with van der Waals surface area (Å²) in [6, 6.07) is 0. The van der Waals surface area contributed by atoms with Crippen molar-refractivity contribution in [2.75, 3.05) is 6.54 Å². The molecule has 0 aromatic rings. The summed E-state index contributed by atoms with van der Waals surface area (Å²) in [5, 5.41) is 11.2. The lowest BCUT2D eigenvalue weighted by molar-refractivity contribution is -0.249. The van der Waals surface area contributed by atoms with E-state index in [4.69, 9.17) is 4.74 Å². The SMILES string of the molecule is CC(=O)OC1CCN(O)C(C)(C)C1(C)C. The normalized spacial score (nSPS) is 29.9. The fraction of sp³-hybridized carbons (Fsp3) is 0.909. The lowest BCUT2D eigenvalue weighted by atomic mass is 9.67. The minimum atomic E-state index is -0.397. The smallest absolute Gasteiger partial charge is 0.302 e. The molecular weight excluding hydrogens is 194 g/mol. The number of ether oxygens (including phenoxy) is 1. The topological polar surface area (TPSA) is 49.8 Å². The van der Waals surface area contributed by atoms with Gasteiger partial charge in [-0.05, 0) is 13.8 Å². The summed E-state index contributed by atoms with van der Waals surface area (Å²) in [5.41, 5.74) is -0.670. The molecule has 1 unspecified atom stereocenters. The van der Waals surface area contributed by atoms with Gasteiger partial charge in [0.25, 0.3) is 0 Å². The maximum absolute atomic E-state index is 11.0. The second kappa shape index (κ2) is 3.76. The van der Waals surface area contributed by atoms with Crippen molar-refractivity contribution < 1.29 is 14.7 Å². The van der Waals surface area contributed by atoms with Crippen LogP contribution >= 0.6 is 0 Å². The summed E-state index contributed by atoms with van der Waals surface area (Å²) in [4.78, 5) is 11.0. The molecule has 15 heavy (non-hydrogen) atoms. The molecule has 1 saturated heterocycles. The first-order valence-corrected chi connectivity index (χ1v) is 5.33. The standard InChI is InChI=1S/C11H21NO3/c1-8(13)15-9-6-7-12(14)11(4,5)10(9,2)3/h9,14H,6-7H2,1-5H3. The van der Waals surface area contributed by atoms with Gasteiger partial charge in [-0.15, -0.1) is 0 Å². The molecule has 0 spiro atoms. The summed E-state index contributed by atoms with van der Waals surface area (Å²) >= 11 is 0. The Morgan fingerprint density at radius 1 is 1.40 bits per heavy atom. The van der Waals surface area contributed by atoms with Crippen LogP contribution in [0.3, 0.4) is 0 Å². The van der Waals surface area contributed by atoms with E-state index in [0.717, 1.165) is 0 Å². The highest BCUT2D eigenvalue weighted by Crippen LogP contribution is 2.44. The lowest BCUT2D eigenvalue weighted by Crippen LogP contribution is -2.62. The van der Waals surface area contributed by atoms with E-state index in [1.807, 2.05) is 27.7 Å². The van der Waals surface area contributed by atoms with Gasteiger partial charge in [0, 0.05) is 30.8 Å². The molecule has 1 atom stereocenters. The summed E-state index contributed by atoms with van der Waals surface area (Å²) in [5.74, 6) is -0.254. The highest BCUT2D eigenvalue weighted by atomic mass is 16.5. The van der Waals surface area contributed by atoms with Gasteiger partial charge in [-0.2, -0.15) is 5.06 Å². The monoisotopic (exact) mass is 215 g/mol. The van der Waals surface area contributed by atoms with Crippen molar-refractivity contribution in [3.05, 3.63) is 0 Å². The minimum Gasteiger partial charge on any atom is -0.462 e. The molecule has 88 valence electrons. The van der Waals surface area contributed by atoms with Crippen molar-refractivity contribution in [1.29, 1.82) is 0 Å². The largest absolute Gasteiger partial charge is 0.462 e. The van der Waals surface area contributed by atoms with Gasteiger partial charge in [-0.25, -0.2) is 0 Å². The van der Waals surface area contributed by atoms with Crippen molar-refractivity contribution in [3.63, 3.8) is 0 Å². The highest BCUT2D eigenvalue weighted by Gasteiger charge is 2.51. The zero-order valence-corrected chi connectivity index (χ0v) is 10.2. The molecule has 0 amide bonds. The van der Waals surface area contributed by atoms with E-state index >= 15 is 0 Å². The Morgan fingerprint density at radius 2 is 1.93 bits per heavy atom. The molecule has 4 nitrogen and oxygen atoms in total. The fourth-order valence-corrected chi connectivity index (χ4v) is 2.01. The molecule has 0 aromatic heterocycles. The van der Waals surface area contributed by atoms with E-state index in [1.54, 1.807) is 0 Å². The Balaban J connectivity index is 2.90. The van der Waals surface area contributed by atoms with Gasteiger partial charge in [0.15, 0.2) is 0 Å². The first kappa shape index (κ1) is 12.5. The van der Waals surface area contributed by atoms with Crippen LogP contribution in [0.5, 0.6) is 0 Å². The molecule has 1 fully saturated rings. The number of carbonyl (C=O) groups excluding carboxylic acids is 1. The number of esters is 1. The van der Waals surface area contributed by atoms with Gasteiger partial charge in [-0.1, -0.05) is 13.8 Å². The van der Waals surface area contributed by atoms with Crippen LogP contribution in [0.15, 0.2) is 0 Å². The Morgan fingerprint density at radius 3 is 2.40 bits per heavy atom. The van der Waals surface area contributed by atoms with Crippen LogP contribution in [0.2, 0.25) is 0 Å². The van der Waals surface area contributed by atoms with Crippen LogP contribution in [-0.2, 0) is 9.53 Å². The highest BCUT2D eigenvalue weighted by molar-refractivity contribution is 5.66. The third-order valence-electron chi connectivity index (χ3n) is 3.94. The minimum absolute atomic E-state index is 0.131. The molecule has 1 aliphatic rings. The maximum Gasteiger partial charge on any atom is 0.302 e. The van der Waals surface area contributed by atoms with Crippen LogP contribution in [0, 0.1) is 5.41 Å². The van der Waals surface area contributed by atoms with Gasteiger partial charge < -0.3 is 9.94 Å². The Bertz CT molecular complexity index is 261. The van der Waals surface area contributed by atoms with Crippen molar-refractivity contribution in [2.45, 2.75) is 52.7 Å². The molecule has 0 saturated carbocycles. The van der Waals surface area contributed by atoms with E-state index in [2.05, 4.69) is 0 Å². The number of nitrogens with zero attached hydrogens (tertiary/aromatic N) is 1. The second-order valence-corrected chi connectivity index (χ2v) is 5.29. The summed E-state index contributed by atoms with van der Waals surface area (Å²) in [6.45, 7) is 9.92. The van der Waals surface area contributed by atoms with Crippen LogP contribution < -0.4 is 0 Å². The molecule has 1 aliphatic heterocycles. The van der Waals surface area contributed by atoms with Gasteiger partial charge in [-0.3, -0.25) is 4.79 Å². The number of hydroxylamine groups is 2. The van der Waals surface area contributed by atoms with Crippen LogP contribution in [0.4, 0.5) is 0 Å². The van der Waals surface area contributed by atoms with E-state index in [0.29, 0.717) is 13.0 Å². The number of hydrogen-bond acceptors (Lipinski definition) is 4. The molecule has 0 aromatic carbocycles. The Hall–Kier alpha value is -0.610. The number of carbonyl (C=O) groups is 1. The van der Waals surface area contributed by atoms with Crippen molar-refractivity contribution >= 4 is 5.97 Å². The van der Waals surface area contributed by atoms with E-state index in [9.17, 15) is 10.0 Å². The first-order chi connectivity index (χ1) is 6.69. The predicted octanol–water partition coefficient (Wildman–Crippen LogP) is 1.82. The number of hydrogen-bond donors (Lipinski definition) is 1. The fourth-order valence-electron chi connectivity index (χ4n) is 2.01. The molecule has 0 aliphatic carbocycles. The molecule has 4 heteroatoms. The summed E-state index contributed by atoms with van der Waals surface area (Å²) in [6.07, 6.45) is 0.542. The van der Waals surface area contributed by atoms with Crippen LogP contribution in [0.1, 0.15) is 41.0 Å². The molecule has 0 radical (unpaired) electrons. The summed E-state index contributed by atoms with van der Waals surface area (Å²) in [7, 11) is 0. The average molecular weight is 215 g/mol. The second-order valence-electron chi connectivity index (χ2n) is 5.29. The zero-order chi connectivity index (χ0) is 11.9. The quantitative estimate of drug-likeness (QED) is 0.678. The molecular formula is C11H21NO3. The predicted molar refractivity (Wildman–Crippen MR) is 56.5 cm³/mol. The molecule has 1 N–H and O–H groups in total. The average Bonchev–Trinajstić information content (AvgIpc) is 2.08. The van der Waals surface area contributed by atoms with Gasteiger partial charge in [0.2, 0.25) is 0 Å². The summed E-state index contributed by atoms with van der Waals surface area (Å²) < 4.78 is 5.31. The zero-order valence-electron chi connectivity index (χ0n) is 10.2. The molecule has 1 heterocycles.